The van der Waals surface area contributed by atoms with Gasteiger partial charge in [0.05, 0.1) is 0 Å². The second kappa shape index (κ2) is 4.80. The topological polar surface area (TPSA) is 34.1 Å². The van der Waals surface area contributed by atoms with Gasteiger partial charge >= 0.3 is 0 Å². The van der Waals surface area contributed by atoms with Gasteiger partial charge in [-0.2, -0.15) is 0 Å². The molecule has 0 amide bonds. The van der Waals surface area contributed by atoms with Gasteiger partial charge in [-0.05, 0) is 43.4 Å². The molecule has 2 aliphatic rings. The van der Waals surface area contributed by atoms with Gasteiger partial charge in [0.25, 0.3) is 0 Å². The fraction of sp³-hybridized carbons (Fsp3) is 0.529. The summed E-state index contributed by atoms with van der Waals surface area (Å²) in [6, 6.07) is 5.99. The summed E-state index contributed by atoms with van der Waals surface area (Å²) in [6.45, 7) is 4.04. The SMILES string of the molecule is CC[C@@H]1C[C@@]2(Cc3ccc(Br)cc3C2=O)C[C@H](C)C1=O. The number of rotatable bonds is 1. The van der Waals surface area contributed by atoms with E-state index < -0.39 is 0 Å². The number of ketones is 2. The third kappa shape index (κ3) is 1.98. The molecule has 20 heavy (non-hydrogen) atoms. The molecule has 1 fully saturated rings. The van der Waals surface area contributed by atoms with Gasteiger partial charge in [0, 0.05) is 27.3 Å². The molecule has 0 radical (unpaired) electrons. The lowest BCUT2D eigenvalue weighted by Crippen LogP contribution is -2.42. The normalized spacial score (nSPS) is 32.8. The zero-order valence-corrected chi connectivity index (χ0v) is 13.5. The van der Waals surface area contributed by atoms with Crippen LogP contribution in [0.5, 0.6) is 0 Å². The van der Waals surface area contributed by atoms with Crippen molar-refractivity contribution in [2.75, 3.05) is 0 Å². The van der Waals surface area contributed by atoms with Crippen molar-refractivity contribution in [3.63, 3.8) is 0 Å². The first-order valence-electron chi connectivity index (χ1n) is 7.34. The Morgan fingerprint density at radius 1 is 1.30 bits per heavy atom. The van der Waals surface area contributed by atoms with Crippen LogP contribution in [-0.4, -0.2) is 11.6 Å². The molecule has 3 heteroatoms. The maximum atomic E-state index is 12.9. The van der Waals surface area contributed by atoms with E-state index >= 15 is 0 Å². The minimum atomic E-state index is -0.322. The van der Waals surface area contributed by atoms with E-state index in [1.165, 1.54) is 0 Å². The van der Waals surface area contributed by atoms with Crippen molar-refractivity contribution < 1.29 is 9.59 Å². The van der Waals surface area contributed by atoms with Crippen molar-refractivity contribution in [2.45, 2.75) is 39.5 Å². The van der Waals surface area contributed by atoms with E-state index in [4.69, 9.17) is 0 Å². The van der Waals surface area contributed by atoms with Gasteiger partial charge < -0.3 is 0 Å². The Labute approximate surface area is 128 Å². The van der Waals surface area contributed by atoms with Crippen LogP contribution in [0, 0.1) is 17.3 Å². The fourth-order valence-electron chi connectivity index (χ4n) is 4.06. The average molecular weight is 335 g/mol. The Hall–Kier alpha value is -0.960. The zero-order valence-electron chi connectivity index (χ0n) is 11.9. The summed E-state index contributed by atoms with van der Waals surface area (Å²) in [6.07, 6.45) is 3.10. The standard InChI is InChI=1S/C17H19BrO2/c1-3-11-8-17(7-10(2)15(11)19)9-12-4-5-13(18)6-14(12)16(17)20/h4-6,10-11H,3,7-9H2,1-2H3/t10-,11+,17+/m0/s1. The van der Waals surface area contributed by atoms with Crippen molar-refractivity contribution in [2.24, 2.45) is 17.3 Å². The molecule has 0 unspecified atom stereocenters. The minimum absolute atomic E-state index is 0.00963. The Bertz CT molecular complexity index is 593. The lowest BCUT2D eigenvalue weighted by Gasteiger charge is -2.38. The second-order valence-electron chi connectivity index (χ2n) is 6.40. The van der Waals surface area contributed by atoms with Crippen LogP contribution in [-0.2, 0) is 11.2 Å². The van der Waals surface area contributed by atoms with Gasteiger partial charge in [-0.15, -0.1) is 0 Å². The third-order valence-electron chi connectivity index (χ3n) is 5.04. The average Bonchev–Trinajstić information content (AvgIpc) is 2.68. The predicted molar refractivity (Wildman–Crippen MR) is 81.8 cm³/mol. The van der Waals surface area contributed by atoms with Gasteiger partial charge in [0.15, 0.2) is 5.78 Å². The highest BCUT2D eigenvalue weighted by atomic mass is 79.9. The number of carbonyl (C=O) groups excluding carboxylic acids is 2. The molecule has 2 aliphatic carbocycles. The van der Waals surface area contributed by atoms with E-state index in [1.54, 1.807) is 0 Å². The highest BCUT2D eigenvalue weighted by Gasteiger charge is 2.51. The van der Waals surface area contributed by atoms with Crippen LogP contribution < -0.4 is 0 Å². The number of Topliss-reactive ketones (excluding diaryl/α,β-unsaturated/α-hetero) is 2. The smallest absolute Gasteiger partial charge is 0.169 e. The molecule has 0 bridgehead atoms. The predicted octanol–water partition coefficient (Wildman–Crippen LogP) is 4.20. The first kappa shape index (κ1) is 14.0. The largest absolute Gasteiger partial charge is 0.299 e. The minimum Gasteiger partial charge on any atom is -0.299 e. The Balaban J connectivity index is 1.99. The number of hydrogen-bond donors (Lipinski definition) is 0. The van der Waals surface area contributed by atoms with Crippen LogP contribution >= 0.6 is 15.9 Å². The van der Waals surface area contributed by atoms with Gasteiger partial charge in [-0.1, -0.05) is 35.8 Å². The number of fused-ring (bicyclic) bond motifs is 1. The van der Waals surface area contributed by atoms with Crippen LogP contribution in [0.1, 0.15) is 49.0 Å². The monoisotopic (exact) mass is 334 g/mol. The van der Waals surface area contributed by atoms with Gasteiger partial charge in [0.2, 0.25) is 0 Å². The van der Waals surface area contributed by atoms with Crippen molar-refractivity contribution >= 4 is 27.5 Å². The van der Waals surface area contributed by atoms with E-state index in [2.05, 4.69) is 22.9 Å². The summed E-state index contributed by atoms with van der Waals surface area (Å²) in [7, 11) is 0. The number of hydrogen-bond acceptors (Lipinski definition) is 2. The van der Waals surface area contributed by atoms with Crippen molar-refractivity contribution in [1.82, 2.24) is 0 Å². The molecule has 1 aromatic rings. The molecular weight excluding hydrogens is 316 g/mol. The Morgan fingerprint density at radius 2 is 2.05 bits per heavy atom. The Morgan fingerprint density at radius 3 is 2.75 bits per heavy atom. The van der Waals surface area contributed by atoms with E-state index in [0.717, 1.165) is 34.9 Å². The van der Waals surface area contributed by atoms with Gasteiger partial charge in [-0.3, -0.25) is 9.59 Å². The molecule has 2 nitrogen and oxygen atoms in total. The summed E-state index contributed by atoms with van der Waals surface area (Å²) in [5, 5.41) is 0. The van der Waals surface area contributed by atoms with Crippen LogP contribution in [0.2, 0.25) is 0 Å². The summed E-state index contributed by atoms with van der Waals surface area (Å²) in [5.41, 5.74) is 1.68. The summed E-state index contributed by atoms with van der Waals surface area (Å²) in [5.74, 6) is 0.672. The molecule has 0 aromatic heterocycles. The molecule has 0 N–H and O–H groups in total. The van der Waals surface area contributed by atoms with Crippen LogP contribution in [0.3, 0.4) is 0 Å². The van der Waals surface area contributed by atoms with Crippen molar-refractivity contribution in [3.8, 4) is 0 Å². The summed E-state index contributed by atoms with van der Waals surface area (Å²) < 4.78 is 0.952. The summed E-state index contributed by atoms with van der Waals surface area (Å²) in [4.78, 5) is 25.1. The molecule has 0 saturated heterocycles. The maximum Gasteiger partial charge on any atom is 0.169 e. The molecule has 3 atom stereocenters. The quantitative estimate of drug-likeness (QED) is 0.771. The number of benzene rings is 1. The van der Waals surface area contributed by atoms with Crippen molar-refractivity contribution in [1.29, 1.82) is 0 Å². The molecule has 0 heterocycles. The van der Waals surface area contributed by atoms with E-state index in [-0.39, 0.29) is 23.0 Å². The van der Waals surface area contributed by atoms with E-state index in [1.807, 2.05) is 25.1 Å². The van der Waals surface area contributed by atoms with Crippen LogP contribution in [0.4, 0.5) is 0 Å². The van der Waals surface area contributed by atoms with E-state index in [0.29, 0.717) is 12.2 Å². The number of carbonyl (C=O) groups is 2. The zero-order chi connectivity index (χ0) is 14.5. The highest BCUT2D eigenvalue weighted by molar-refractivity contribution is 9.10. The molecule has 106 valence electrons. The van der Waals surface area contributed by atoms with E-state index in [9.17, 15) is 9.59 Å². The molecule has 0 aliphatic heterocycles. The molecule has 1 aromatic carbocycles. The first-order chi connectivity index (χ1) is 9.47. The fourth-order valence-corrected chi connectivity index (χ4v) is 4.43. The third-order valence-corrected chi connectivity index (χ3v) is 5.54. The Kier molecular flexibility index (Phi) is 3.36. The number of halogens is 1. The van der Waals surface area contributed by atoms with Crippen LogP contribution in [0.25, 0.3) is 0 Å². The lowest BCUT2D eigenvalue weighted by atomic mass is 9.63. The van der Waals surface area contributed by atoms with Gasteiger partial charge in [-0.25, -0.2) is 0 Å². The molecule has 1 saturated carbocycles. The second-order valence-corrected chi connectivity index (χ2v) is 7.32. The lowest BCUT2D eigenvalue weighted by molar-refractivity contribution is -0.131. The molecule has 3 rings (SSSR count). The van der Waals surface area contributed by atoms with Crippen LogP contribution in [0.15, 0.2) is 22.7 Å². The first-order valence-corrected chi connectivity index (χ1v) is 8.13. The van der Waals surface area contributed by atoms with Gasteiger partial charge in [0.1, 0.15) is 5.78 Å². The van der Waals surface area contributed by atoms with Crippen molar-refractivity contribution in [3.05, 3.63) is 33.8 Å². The molecule has 1 spiro atoms. The molecular formula is C17H19BrO2. The maximum absolute atomic E-state index is 12.9. The highest BCUT2D eigenvalue weighted by Crippen LogP contribution is 2.50. The summed E-state index contributed by atoms with van der Waals surface area (Å²) >= 11 is 3.45.